The fourth-order valence-corrected chi connectivity index (χ4v) is 3.84. The molecule has 1 heterocycles. The number of thioether (sulfide) groups is 1. The zero-order valence-corrected chi connectivity index (χ0v) is 18.8. The summed E-state index contributed by atoms with van der Waals surface area (Å²) >= 11 is 7.21. The lowest BCUT2D eigenvalue weighted by Gasteiger charge is -2.24. The van der Waals surface area contributed by atoms with Crippen LogP contribution in [-0.2, 0) is 18.4 Å². The average Bonchev–Trinajstić information content (AvgIpc) is 3.13. The number of amides is 1. The lowest BCUT2D eigenvalue weighted by molar-refractivity contribution is -0.117. The number of benzene rings is 2. The van der Waals surface area contributed by atoms with Gasteiger partial charge in [0, 0.05) is 24.3 Å². The highest BCUT2D eigenvalue weighted by atomic mass is 35.5. The van der Waals surface area contributed by atoms with Crippen LogP contribution in [-0.4, -0.2) is 32.5 Å². The highest BCUT2D eigenvalue weighted by Gasteiger charge is 2.25. The molecule has 2 aromatic carbocycles. The molecular formula is C22H22ClN5O2S. The highest BCUT2D eigenvalue weighted by Crippen LogP contribution is 2.26. The molecule has 0 aliphatic carbocycles. The molecule has 1 unspecified atom stereocenters. The normalized spacial score (nSPS) is 11.5. The number of para-hydroxylation sites is 1. The van der Waals surface area contributed by atoms with Crippen LogP contribution in [0.5, 0.6) is 5.75 Å². The van der Waals surface area contributed by atoms with E-state index in [0.717, 1.165) is 5.69 Å². The minimum Gasteiger partial charge on any atom is -0.486 e. The summed E-state index contributed by atoms with van der Waals surface area (Å²) in [5.74, 6) is 1.23. The van der Waals surface area contributed by atoms with Crippen molar-refractivity contribution in [2.75, 3.05) is 11.4 Å². The number of carbonyl (C=O) groups excluding carboxylic acids is 1. The van der Waals surface area contributed by atoms with Gasteiger partial charge >= 0.3 is 0 Å². The first kappa shape index (κ1) is 22.7. The van der Waals surface area contributed by atoms with E-state index in [-0.39, 0.29) is 18.9 Å². The fourth-order valence-electron chi connectivity index (χ4n) is 2.82. The first-order valence-corrected chi connectivity index (χ1v) is 10.9. The van der Waals surface area contributed by atoms with Gasteiger partial charge in [-0.25, -0.2) is 0 Å². The van der Waals surface area contributed by atoms with Crippen molar-refractivity contribution in [2.45, 2.75) is 30.4 Å². The van der Waals surface area contributed by atoms with Crippen molar-refractivity contribution in [1.29, 1.82) is 5.26 Å². The van der Waals surface area contributed by atoms with Gasteiger partial charge in [-0.15, -0.1) is 10.2 Å². The third-order valence-electron chi connectivity index (χ3n) is 4.52. The Morgan fingerprint density at radius 1 is 1.23 bits per heavy atom. The van der Waals surface area contributed by atoms with Crippen molar-refractivity contribution >= 4 is 35.0 Å². The lowest BCUT2D eigenvalue weighted by atomic mass is 10.2. The van der Waals surface area contributed by atoms with E-state index in [2.05, 4.69) is 16.3 Å². The first-order valence-electron chi connectivity index (χ1n) is 9.66. The number of anilines is 1. The van der Waals surface area contributed by atoms with Crippen LogP contribution in [0.4, 0.5) is 5.69 Å². The second-order valence-electron chi connectivity index (χ2n) is 6.69. The number of halogens is 1. The van der Waals surface area contributed by atoms with Crippen molar-refractivity contribution < 1.29 is 9.53 Å². The number of hydrogen-bond acceptors (Lipinski definition) is 6. The molecule has 7 nitrogen and oxygen atoms in total. The lowest BCUT2D eigenvalue weighted by Crippen LogP contribution is -2.37. The number of ether oxygens (including phenoxy) is 1. The Kier molecular flexibility index (Phi) is 7.93. The Balaban J connectivity index is 1.66. The molecule has 160 valence electrons. The molecule has 31 heavy (non-hydrogen) atoms. The maximum atomic E-state index is 13.1. The number of carbonyl (C=O) groups is 1. The topological polar surface area (TPSA) is 84.0 Å². The maximum Gasteiger partial charge on any atom is 0.240 e. The predicted molar refractivity (Wildman–Crippen MR) is 121 cm³/mol. The largest absolute Gasteiger partial charge is 0.486 e. The summed E-state index contributed by atoms with van der Waals surface area (Å²) in [5, 5.41) is 18.2. The maximum absolute atomic E-state index is 13.1. The van der Waals surface area contributed by atoms with Gasteiger partial charge in [-0.3, -0.25) is 4.79 Å². The van der Waals surface area contributed by atoms with E-state index in [1.54, 1.807) is 29.2 Å². The summed E-state index contributed by atoms with van der Waals surface area (Å²) in [6.45, 7) is 2.41. The predicted octanol–water partition coefficient (Wildman–Crippen LogP) is 4.47. The zero-order chi connectivity index (χ0) is 22.2. The molecule has 0 saturated heterocycles. The van der Waals surface area contributed by atoms with Crippen LogP contribution in [0.25, 0.3) is 0 Å². The summed E-state index contributed by atoms with van der Waals surface area (Å²) < 4.78 is 7.55. The van der Waals surface area contributed by atoms with Gasteiger partial charge in [-0.1, -0.05) is 41.6 Å². The van der Waals surface area contributed by atoms with Gasteiger partial charge in [-0.05, 0) is 43.3 Å². The van der Waals surface area contributed by atoms with E-state index in [1.165, 1.54) is 11.8 Å². The van der Waals surface area contributed by atoms with Crippen LogP contribution in [0.15, 0.2) is 59.8 Å². The number of aromatic nitrogens is 3. The van der Waals surface area contributed by atoms with Crippen molar-refractivity contribution in [3.05, 3.63) is 65.4 Å². The van der Waals surface area contributed by atoms with E-state index in [4.69, 9.17) is 21.6 Å². The molecule has 3 aromatic rings. The molecular weight excluding hydrogens is 434 g/mol. The molecule has 3 rings (SSSR count). The summed E-state index contributed by atoms with van der Waals surface area (Å²) in [4.78, 5) is 14.8. The standard InChI is InChI=1S/C22H22ClN5O2S/c1-16(21(29)28(14-6-13-24)18-7-4-3-5-8-18)31-22-26-25-20(27(22)2)15-30-19-11-9-17(23)10-12-19/h3-5,7-12,16H,6,14-15H2,1-2H3. The molecule has 1 aromatic heterocycles. The fraction of sp³-hybridized carbons (Fsp3) is 0.273. The molecule has 0 bridgehead atoms. The Labute approximate surface area is 190 Å². The third-order valence-corrected chi connectivity index (χ3v) is 5.89. The van der Waals surface area contributed by atoms with E-state index in [1.807, 2.05) is 48.9 Å². The number of nitriles is 1. The van der Waals surface area contributed by atoms with E-state index in [0.29, 0.717) is 28.3 Å². The Morgan fingerprint density at radius 2 is 1.94 bits per heavy atom. The van der Waals surface area contributed by atoms with Gasteiger partial charge < -0.3 is 14.2 Å². The highest BCUT2D eigenvalue weighted by molar-refractivity contribution is 8.00. The van der Waals surface area contributed by atoms with Crippen LogP contribution in [0.3, 0.4) is 0 Å². The molecule has 0 aliphatic heterocycles. The summed E-state index contributed by atoms with van der Waals surface area (Å²) in [7, 11) is 1.84. The third kappa shape index (κ3) is 6.00. The second-order valence-corrected chi connectivity index (χ2v) is 8.44. The molecule has 0 fully saturated rings. The number of nitrogens with zero attached hydrogens (tertiary/aromatic N) is 5. The monoisotopic (exact) mass is 455 g/mol. The Hall–Kier alpha value is -3.02. The summed E-state index contributed by atoms with van der Waals surface area (Å²) in [6, 6.07) is 18.5. The van der Waals surface area contributed by atoms with Gasteiger partial charge in [0.1, 0.15) is 12.4 Å². The van der Waals surface area contributed by atoms with Crippen LogP contribution in [0.1, 0.15) is 19.2 Å². The smallest absolute Gasteiger partial charge is 0.240 e. The van der Waals surface area contributed by atoms with Gasteiger partial charge in [-0.2, -0.15) is 5.26 Å². The van der Waals surface area contributed by atoms with Crippen molar-refractivity contribution in [1.82, 2.24) is 14.8 Å². The number of hydrogen-bond donors (Lipinski definition) is 0. The van der Waals surface area contributed by atoms with Crippen LogP contribution in [0.2, 0.25) is 5.02 Å². The average molecular weight is 456 g/mol. The summed E-state index contributed by atoms with van der Waals surface area (Å²) in [5.41, 5.74) is 0.769. The van der Waals surface area contributed by atoms with Gasteiger partial charge in [0.2, 0.25) is 5.91 Å². The molecule has 0 spiro atoms. The molecule has 0 saturated carbocycles. The first-order chi connectivity index (χ1) is 15.0. The molecule has 0 N–H and O–H groups in total. The molecule has 0 aliphatic rings. The second kappa shape index (κ2) is 10.8. The Morgan fingerprint density at radius 3 is 2.61 bits per heavy atom. The van der Waals surface area contributed by atoms with Crippen molar-refractivity contribution in [3.8, 4) is 11.8 Å². The quantitative estimate of drug-likeness (QED) is 0.442. The van der Waals surface area contributed by atoms with E-state index in [9.17, 15) is 4.79 Å². The molecule has 1 atom stereocenters. The van der Waals surface area contributed by atoms with Gasteiger partial charge in [0.15, 0.2) is 11.0 Å². The van der Waals surface area contributed by atoms with Crippen LogP contribution in [0, 0.1) is 11.3 Å². The van der Waals surface area contributed by atoms with Crippen LogP contribution < -0.4 is 9.64 Å². The molecule has 1 amide bonds. The SMILES string of the molecule is CC(Sc1nnc(COc2ccc(Cl)cc2)n1C)C(=O)N(CCC#N)c1ccccc1. The van der Waals surface area contributed by atoms with E-state index < -0.39 is 5.25 Å². The summed E-state index contributed by atoms with van der Waals surface area (Å²) in [6.07, 6.45) is 0.258. The van der Waals surface area contributed by atoms with E-state index >= 15 is 0 Å². The van der Waals surface area contributed by atoms with Crippen molar-refractivity contribution in [3.63, 3.8) is 0 Å². The number of rotatable bonds is 9. The van der Waals surface area contributed by atoms with Gasteiger partial charge in [0.05, 0.1) is 17.7 Å². The minimum absolute atomic E-state index is 0.0894. The Bertz CT molecular complexity index is 1050. The zero-order valence-electron chi connectivity index (χ0n) is 17.2. The van der Waals surface area contributed by atoms with Gasteiger partial charge in [0.25, 0.3) is 0 Å². The minimum atomic E-state index is -0.410. The molecule has 9 heteroatoms. The van der Waals surface area contributed by atoms with Crippen LogP contribution >= 0.6 is 23.4 Å². The molecule has 0 radical (unpaired) electrons. The van der Waals surface area contributed by atoms with Crippen molar-refractivity contribution in [2.24, 2.45) is 7.05 Å².